The van der Waals surface area contributed by atoms with Crippen molar-refractivity contribution in [2.45, 2.75) is 51.5 Å². The molecule has 1 amide bonds. The molecule has 1 aromatic carbocycles. The number of hydrogen-bond donors (Lipinski definition) is 1. The molecule has 0 saturated heterocycles. The van der Waals surface area contributed by atoms with Crippen LogP contribution >= 0.6 is 0 Å². The van der Waals surface area contributed by atoms with Crippen molar-refractivity contribution in [1.29, 1.82) is 0 Å². The van der Waals surface area contributed by atoms with E-state index in [2.05, 4.69) is 17.4 Å². The van der Waals surface area contributed by atoms with E-state index in [0.717, 1.165) is 32.1 Å². The van der Waals surface area contributed by atoms with Crippen LogP contribution in [0.5, 0.6) is 0 Å². The van der Waals surface area contributed by atoms with Crippen LogP contribution in [0.4, 0.5) is 0 Å². The lowest BCUT2D eigenvalue weighted by atomic mass is 9.88. The molecule has 2 rings (SSSR count). The second-order valence-electron chi connectivity index (χ2n) is 5.48. The van der Waals surface area contributed by atoms with Gasteiger partial charge in [0.2, 0.25) is 0 Å². The van der Waals surface area contributed by atoms with Gasteiger partial charge in [0, 0.05) is 6.42 Å². The molecule has 1 atom stereocenters. The zero-order valence-electron chi connectivity index (χ0n) is 12.6. The predicted octanol–water partition coefficient (Wildman–Crippen LogP) is 2.91. The van der Waals surface area contributed by atoms with Crippen molar-refractivity contribution in [2.75, 3.05) is 6.61 Å². The van der Waals surface area contributed by atoms with Gasteiger partial charge < -0.3 is 10.1 Å². The van der Waals surface area contributed by atoms with Gasteiger partial charge in [0.15, 0.2) is 6.61 Å². The summed E-state index contributed by atoms with van der Waals surface area (Å²) < 4.78 is 4.98. The molecule has 1 aromatic rings. The van der Waals surface area contributed by atoms with Gasteiger partial charge in [0.05, 0.1) is 6.04 Å². The van der Waals surface area contributed by atoms with Gasteiger partial charge in [-0.3, -0.25) is 9.59 Å². The molecule has 1 aliphatic carbocycles. The topological polar surface area (TPSA) is 55.4 Å². The number of benzene rings is 1. The van der Waals surface area contributed by atoms with Crippen molar-refractivity contribution in [2.24, 2.45) is 0 Å². The van der Waals surface area contributed by atoms with E-state index in [4.69, 9.17) is 4.74 Å². The Hall–Kier alpha value is -1.84. The van der Waals surface area contributed by atoms with Crippen molar-refractivity contribution in [3.63, 3.8) is 0 Å². The molecule has 1 aliphatic rings. The van der Waals surface area contributed by atoms with Gasteiger partial charge in [-0.15, -0.1) is 0 Å². The summed E-state index contributed by atoms with van der Waals surface area (Å²) in [6.45, 7) is 1.84. The normalized spacial score (nSPS) is 16.9. The number of unbranched alkanes of at least 4 members (excludes halogenated alkanes) is 1. The summed E-state index contributed by atoms with van der Waals surface area (Å²) in [7, 11) is 0. The van der Waals surface area contributed by atoms with Crippen LogP contribution in [0.25, 0.3) is 0 Å². The molecule has 0 bridgehead atoms. The van der Waals surface area contributed by atoms with Crippen LogP contribution in [0, 0.1) is 0 Å². The predicted molar refractivity (Wildman–Crippen MR) is 80.7 cm³/mol. The van der Waals surface area contributed by atoms with Crippen LogP contribution in [-0.2, 0) is 20.7 Å². The molecule has 0 spiro atoms. The molecule has 1 unspecified atom stereocenters. The first-order valence-electron chi connectivity index (χ1n) is 7.73. The van der Waals surface area contributed by atoms with Crippen LogP contribution in [0.1, 0.15) is 56.2 Å². The minimum atomic E-state index is -0.295. The quantitative estimate of drug-likeness (QED) is 0.819. The Bertz CT molecular complexity index is 499. The summed E-state index contributed by atoms with van der Waals surface area (Å²) in [6, 6.07) is 8.23. The van der Waals surface area contributed by atoms with Crippen molar-refractivity contribution in [3.05, 3.63) is 35.4 Å². The van der Waals surface area contributed by atoms with E-state index in [0.29, 0.717) is 6.42 Å². The number of esters is 1. The lowest BCUT2D eigenvalue weighted by Gasteiger charge is -2.26. The number of rotatable bonds is 6. The van der Waals surface area contributed by atoms with Gasteiger partial charge in [-0.1, -0.05) is 37.6 Å². The van der Waals surface area contributed by atoms with Crippen molar-refractivity contribution >= 4 is 11.9 Å². The Morgan fingerprint density at radius 3 is 2.95 bits per heavy atom. The molecule has 0 saturated carbocycles. The first-order chi connectivity index (χ1) is 10.2. The highest BCUT2D eigenvalue weighted by Gasteiger charge is 2.21. The second-order valence-corrected chi connectivity index (χ2v) is 5.48. The van der Waals surface area contributed by atoms with Crippen LogP contribution in [-0.4, -0.2) is 18.5 Å². The third kappa shape index (κ3) is 4.59. The molecule has 114 valence electrons. The smallest absolute Gasteiger partial charge is 0.306 e. The minimum absolute atomic E-state index is 0.0387. The first kappa shape index (κ1) is 15.5. The number of fused-ring (bicyclic) bond motifs is 1. The van der Waals surface area contributed by atoms with E-state index in [9.17, 15) is 9.59 Å². The Morgan fingerprint density at radius 1 is 1.33 bits per heavy atom. The number of carbonyl (C=O) groups is 2. The van der Waals surface area contributed by atoms with Gasteiger partial charge in [0.25, 0.3) is 5.91 Å². The van der Waals surface area contributed by atoms with Crippen LogP contribution in [0.15, 0.2) is 24.3 Å². The van der Waals surface area contributed by atoms with Crippen molar-refractivity contribution < 1.29 is 14.3 Å². The summed E-state index contributed by atoms with van der Waals surface area (Å²) in [5.41, 5.74) is 2.49. The molecule has 21 heavy (non-hydrogen) atoms. The molecular weight excluding hydrogens is 266 g/mol. The number of nitrogens with one attached hydrogen (secondary N) is 1. The van der Waals surface area contributed by atoms with E-state index in [-0.39, 0.29) is 24.5 Å². The average Bonchev–Trinajstić information content (AvgIpc) is 2.51. The summed E-state index contributed by atoms with van der Waals surface area (Å²) in [4.78, 5) is 23.3. The van der Waals surface area contributed by atoms with Crippen LogP contribution in [0.3, 0.4) is 0 Å². The Labute approximate surface area is 125 Å². The molecule has 0 radical (unpaired) electrons. The number of hydrogen-bond acceptors (Lipinski definition) is 3. The molecule has 4 nitrogen and oxygen atoms in total. The molecule has 0 aliphatic heterocycles. The fourth-order valence-corrected chi connectivity index (χ4v) is 2.68. The van der Waals surface area contributed by atoms with Gasteiger partial charge in [-0.2, -0.15) is 0 Å². The zero-order chi connectivity index (χ0) is 15.1. The largest absolute Gasteiger partial charge is 0.456 e. The highest BCUT2D eigenvalue weighted by Crippen LogP contribution is 2.29. The lowest BCUT2D eigenvalue weighted by molar-refractivity contribution is -0.148. The number of carbonyl (C=O) groups excluding carboxylic acids is 2. The first-order valence-corrected chi connectivity index (χ1v) is 7.73. The number of amides is 1. The van der Waals surface area contributed by atoms with Crippen LogP contribution in [0.2, 0.25) is 0 Å². The maximum Gasteiger partial charge on any atom is 0.306 e. The van der Waals surface area contributed by atoms with Gasteiger partial charge in [-0.05, 0) is 36.8 Å². The zero-order valence-corrected chi connectivity index (χ0v) is 12.6. The molecule has 4 heteroatoms. The molecule has 1 N–H and O–H groups in total. The van der Waals surface area contributed by atoms with Gasteiger partial charge >= 0.3 is 5.97 Å². The fourth-order valence-electron chi connectivity index (χ4n) is 2.68. The molecule has 0 aromatic heterocycles. The standard InChI is InChI=1S/C17H23NO3/c1-2-3-11-17(20)21-12-16(19)18-15-10-6-8-13-7-4-5-9-14(13)15/h4-5,7,9,15H,2-3,6,8,10-12H2,1H3,(H,18,19). The molecular formula is C17H23NO3. The SMILES string of the molecule is CCCCC(=O)OCC(=O)NC1CCCc2ccccc21. The monoisotopic (exact) mass is 289 g/mol. The van der Waals surface area contributed by atoms with Crippen molar-refractivity contribution in [3.8, 4) is 0 Å². The molecule has 0 fully saturated rings. The number of aryl methyl sites for hydroxylation is 1. The van der Waals surface area contributed by atoms with E-state index in [1.807, 2.05) is 19.1 Å². The summed E-state index contributed by atoms with van der Waals surface area (Å²) >= 11 is 0. The highest BCUT2D eigenvalue weighted by atomic mass is 16.5. The minimum Gasteiger partial charge on any atom is -0.456 e. The summed E-state index contributed by atoms with van der Waals surface area (Å²) in [6.07, 6.45) is 5.20. The number of ether oxygens (including phenoxy) is 1. The maximum atomic E-state index is 11.9. The lowest BCUT2D eigenvalue weighted by Crippen LogP contribution is -2.34. The van der Waals surface area contributed by atoms with E-state index >= 15 is 0 Å². The highest BCUT2D eigenvalue weighted by molar-refractivity contribution is 5.80. The van der Waals surface area contributed by atoms with Crippen molar-refractivity contribution in [1.82, 2.24) is 5.32 Å². The van der Waals surface area contributed by atoms with E-state index < -0.39 is 0 Å². The third-order valence-electron chi connectivity index (χ3n) is 3.80. The second kappa shape index (κ2) is 7.81. The third-order valence-corrected chi connectivity index (χ3v) is 3.80. The summed E-state index contributed by atoms with van der Waals surface area (Å²) in [5.74, 6) is -0.516. The Morgan fingerprint density at radius 2 is 2.14 bits per heavy atom. The Balaban J connectivity index is 1.82. The van der Waals surface area contributed by atoms with Crippen LogP contribution < -0.4 is 5.32 Å². The van der Waals surface area contributed by atoms with E-state index in [1.54, 1.807) is 0 Å². The molecule has 0 heterocycles. The maximum absolute atomic E-state index is 11.9. The van der Waals surface area contributed by atoms with Gasteiger partial charge in [0.1, 0.15) is 0 Å². The fraction of sp³-hybridized carbons (Fsp3) is 0.529. The van der Waals surface area contributed by atoms with Gasteiger partial charge in [-0.25, -0.2) is 0 Å². The van der Waals surface area contributed by atoms with E-state index in [1.165, 1.54) is 11.1 Å². The Kier molecular flexibility index (Phi) is 5.78. The average molecular weight is 289 g/mol. The summed E-state index contributed by atoms with van der Waals surface area (Å²) in [5, 5.41) is 2.97.